The van der Waals surface area contributed by atoms with Crippen LogP contribution in [0, 0.1) is 0 Å². The van der Waals surface area contributed by atoms with Crippen LogP contribution in [-0.4, -0.2) is 27.5 Å². The number of aliphatic imine (C=N–C) groups is 1. The first-order chi connectivity index (χ1) is 14.2. The summed E-state index contributed by atoms with van der Waals surface area (Å²) in [6.07, 6.45) is 6.71. The molecule has 1 amide bonds. The zero-order valence-electron chi connectivity index (χ0n) is 15.3. The van der Waals surface area contributed by atoms with Crippen LogP contribution in [-0.2, 0) is 4.79 Å². The summed E-state index contributed by atoms with van der Waals surface area (Å²) in [5, 5.41) is 1.18. The van der Waals surface area contributed by atoms with Crippen LogP contribution in [0.3, 0.4) is 0 Å². The fourth-order valence-corrected chi connectivity index (χ4v) is 3.99. The molecule has 5 nitrogen and oxygen atoms in total. The molecule has 2 aromatic heterocycles. The molecule has 29 heavy (non-hydrogen) atoms. The second-order valence-electron chi connectivity index (χ2n) is 6.10. The number of aromatic nitrogens is 1. The molecule has 0 atom stereocenters. The molecule has 4 rings (SSSR count). The SMILES string of the molecule is C=CCN1C(=O)/C(=C\c2ccc(-c3ccccc3Cl)o2)SC1=Nc1cccnc1. The summed E-state index contributed by atoms with van der Waals surface area (Å²) in [5.41, 5.74) is 1.48. The van der Waals surface area contributed by atoms with Crippen LogP contribution >= 0.6 is 23.4 Å². The molecular formula is C22H16ClN3O2S. The van der Waals surface area contributed by atoms with Gasteiger partial charge in [-0.1, -0.05) is 29.8 Å². The summed E-state index contributed by atoms with van der Waals surface area (Å²) in [5.74, 6) is 1.07. The molecule has 0 bridgehead atoms. The minimum atomic E-state index is -0.145. The monoisotopic (exact) mass is 421 g/mol. The van der Waals surface area contributed by atoms with E-state index in [1.54, 1.807) is 35.5 Å². The second kappa shape index (κ2) is 8.51. The minimum absolute atomic E-state index is 0.145. The van der Waals surface area contributed by atoms with E-state index in [-0.39, 0.29) is 5.91 Å². The van der Waals surface area contributed by atoms with Gasteiger partial charge in [0, 0.05) is 24.4 Å². The van der Waals surface area contributed by atoms with Gasteiger partial charge in [-0.25, -0.2) is 4.99 Å². The maximum atomic E-state index is 12.9. The van der Waals surface area contributed by atoms with Crippen LogP contribution in [0.15, 0.2) is 87.9 Å². The third-order valence-electron chi connectivity index (χ3n) is 4.11. The average Bonchev–Trinajstić information content (AvgIpc) is 3.30. The molecule has 144 valence electrons. The Morgan fingerprint density at radius 1 is 1.21 bits per heavy atom. The molecular weight excluding hydrogens is 406 g/mol. The van der Waals surface area contributed by atoms with Gasteiger partial charge in [0.15, 0.2) is 5.17 Å². The molecule has 3 heterocycles. The number of carbonyl (C=O) groups excluding carboxylic acids is 1. The number of halogens is 1. The Balaban J connectivity index is 1.64. The number of pyridine rings is 1. The highest BCUT2D eigenvalue weighted by molar-refractivity contribution is 8.18. The van der Waals surface area contributed by atoms with E-state index >= 15 is 0 Å². The fourth-order valence-electron chi connectivity index (χ4n) is 2.78. The molecule has 1 saturated heterocycles. The molecule has 1 fully saturated rings. The normalized spacial score (nSPS) is 16.7. The molecule has 1 aromatic carbocycles. The Labute approximate surface area is 177 Å². The largest absolute Gasteiger partial charge is 0.457 e. The summed E-state index contributed by atoms with van der Waals surface area (Å²) in [6, 6.07) is 14.7. The van der Waals surface area contributed by atoms with Crippen molar-refractivity contribution in [3.63, 3.8) is 0 Å². The lowest BCUT2D eigenvalue weighted by molar-refractivity contribution is -0.121. The first-order valence-electron chi connectivity index (χ1n) is 8.81. The van der Waals surface area contributed by atoms with E-state index in [0.29, 0.717) is 38.8 Å². The number of thioether (sulfide) groups is 1. The van der Waals surface area contributed by atoms with Gasteiger partial charge < -0.3 is 4.42 Å². The predicted octanol–water partition coefficient (Wildman–Crippen LogP) is 5.79. The Kier molecular flexibility index (Phi) is 5.64. The first kappa shape index (κ1) is 19.2. The molecule has 0 spiro atoms. The van der Waals surface area contributed by atoms with Gasteiger partial charge in [-0.05, 0) is 48.2 Å². The van der Waals surface area contributed by atoms with Crippen molar-refractivity contribution in [2.75, 3.05) is 6.54 Å². The Morgan fingerprint density at radius 2 is 2.07 bits per heavy atom. The molecule has 1 aliphatic rings. The Hall–Kier alpha value is -3.09. The van der Waals surface area contributed by atoms with Crippen LogP contribution in [0.2, 0.25) is 5.02 Å². The standard InChI is InChI=1S/C22H16ClN3O2S/c1-2-12-26-21(27)20(29-22(26)25-15-6-5-11-24-14-15)13-16-9-10-19(28-16)17-7-3-4-8-18(17)23/h2-11,13-14H,1,12H2/b20-13+,25-22?. The highest BCUT2D eigenvalue weighted by atomic mass is 35.5. The van der Waals surface area contributed by atoms with Crippen molar-refractivity contribution in [1.29, 1.82) is 0 Å². The Bertz CT molecular complexity index is 1120. The lowest BCUT2D eigenvalue weighted by atomic mass is 10.2. The topological polar surface area (TPSA) is 58.7 Å². The van der Waals surface area contributed by atoms with Gasteiger partial charge in [0.05, 0.1) is 21.8 Å². The van der Waals surface area contributed by atoms with E-state index in [1.165, 1.54) is 11.8 Å². The summed E-state index contributed by atoms with van der Waals surface area (Å²) < 4.78 is 5.89. The van der Waals surface area contributed by atoms with Gasteiger partial charge in [0.2, 0.25) is 0 Å². The fraction of sp³-hybridized carbons (Fsp3) is 0.0455. The maximum absolute atomic E-state index is 12.9. The number of amidine groups is 1. The third kappa shape index (κ3) is 4.18. The quantitative estimate of drug-likeness (QED) is 0.386. The van der Waals surface area contributed by atoms with Crippen molar-refractivity contribution in [1.82, 2.24) is 9.88 Å². The third-order valence-corrected chi connectivity index (χ3v) is 5.45. The molecule has 0 N–H and O–H groups in total. The van der Waals surface area contributed by atoms with Crippen molar-refractivity contribution in [3.05, 3.63) is 89.3 Å². The summed E-state index contributed by atoms with van der Waals surface area (Å²) in [4.78, 5) is 23.6. The van der Waals surface area contributed by atoms with Crippen molar-refractivity contribution >= 4 is 46.2 Å². The number of benzene rings is 1. The van der Waals surface area contributed by atoms with Gasteiger partial charge in [-0.3, -0.25) is 14.7 Å². The number of nitrogens with zero attached hydrogens (tertiary/aromatic N) is 3. The first-order valence-corrected chi connectivity index (χ1v) is 10.0. The van der Waals surface area contributed by atoms with Gasteiger partial charge >= 0.3 is 0 Å². The number of hydrogen-bond donors (Lipinski definition) is 0. The van der Waals surface area contributed by atoms with Crippen molar-refractivity contribution in [2.24, 2.45) is 4.99 Å². The maximum Gasteiger partial charge on any atom is 0.267 e. The summed E-state index contributed by atoms with van der Waals surface area (Å²) >= 11 is 7.53. The van der Waals surface area contributed by atoms with Crippen LogP contribution in [0.25, 0.3) is 17.4 Å². The second-order valence-corrected chi connectivity index (χ2v) is 7.52. The van der Waals surface area contributed by atoms with Gasteiger partial charge in [0.25, 0.3) is 5.91 Å². The van der Waals surface area contributed by atoms with Crippen LogP contribution < -0.4 is 0 Å². The molecule has 0 radical (unpaired) electrons. The number of carbonyl (C=O) groups is 1. The summed E-state index contributed by atoms with van der Waals surface area (Å²) in [6.45, 7) is 4.10. The predicted molar refractivity (Wildman–Crippen MR) is 118 cm³/mol. The van der Waals surface area contributed by atoms with Crippen molar-refractivity contribution in [3.8, 4) is 11.3 Å². The van der Waals surface area contributed by atoms with E-state index in [4.69, 9.17) is 16.0 Å². The number of amides is 1. The number of furan rings is 1. The highest BCUT2D eigenvalue weighted by Crippen LogP contribution is 2.35. The van der Waals surface area contributed by atoms with Gasteiger partial charge in [-0.15, -0.1) is 6.58 Å². The summed E-state index contributed by atoms with van der Waals surface area (Å²) in [7, 11) is 0. The van der Waals surface area contributed by atoms with Gasteiger partial charge in [0.1, 0.15) is 11.5 Å². The average molecular weight is 422 g/mol. The van der Waals surface area contributed by atoms with E-state index in [9.17, 15) is 4.79 Å². The van der Waals surface area contributed by atoms with E-state index < -0.39 is 0 Å². The zero-order chi connectivity index (χ0) is 20.2. The van der Waals surface area contributed by atoms with E-state index in [0.717, 1.165) is 5.56 Å². The lowest BCUT2D eigenvalue weighted by Gasteiger charge is -2.12. The molecule has 0 unspecified atom stereocenters. The number of rotatable bonds is 5. The van der Waals surface area contributed by atoms with E-state index in [1.807, 2.05) is 42.5 Å². The van der Waals surface area contributed by atoms with Crippen LogP contribution in [0.4, 0.5) is 5.69 Å². The smallest absolute Gasteiger partial charge is 0.267 e. The van der Waals surface area contributed by atoms with E-state index in [2.05, 4.69) is 16.6 Å². The molecule has 0 saturated carbocycles. The van der Waals surface area contributed by atoms with Crippen LogP contribution in [0.5, 0.6) is 0 Å². The molecule has 0 aliphatic carbocycles. The number of hydrogen-bond acceptors (Lipinski definition) is 5. The van der Waals surface area contributed by atoms with Crippen LogP contribution in [0.1, 0.15) is 5.76 Å². The lowest BCUT2D eigenvalue weighted by Crippen LogP contribution is -2.29. The van der Waals surface area contributed by atoms with Crippen molar-refractivity contribution < 1.29 is 9.21 Å². The highest BCUT2D eigenvalue weighted by Gasteiger charge is 2.33. The molecule has 3 aromatic rings. The minimum Gasteiger partial charge on any atom is -0.457 e. The van der Waals surface area contributed by atoms with Crippen molar-refractivity contribution in [2.45, 2.75) is 0 Å². The zero-order valence-corrected chi connectivity index (χ0v) is 16.9. The Morgan fingerprint density at radius 3 is 2.83 bits per heavy atom. The molecule has 1 aliphatic heterocycles. The molecule has 7 heteroatoms. The van der Waals surface area contributed by atoms with Gasteiger partial charge in [-0.2, -0.15) is 0 Å².